The minimum absolute atomic E-state index is 0.422. The third-order valence-corrected chi connectivity index (χ3v) is 4.07. The van der Waals surface area contributed by atoms with Crippen molar-refractivity contribution in [2.45, 2.75) is 46.0 Å². The summed E-state index contributed by atoms with van der Waals surface area (Å²) in [5.74, 6) is 0. The van der Waals surface area contributed by atoms with Crippen LogP contribution in [0.3, 0.4) is 0 Å². The fourth-order valence-corrected chi connectivity index (χ4v) is 2.80. The van der Waals surface area contributed by atoms with E-state index in [2.05, 4.69) is 19.2 Å². The number of hydrogen-bond donors (Lipinski definition) is 1. The SMILES string of the molecule is CC1(CNCC2(C)COC2)CCCCC1. The van der Waals surface area contributed by atoms with E-state index in [0.29, 0.717) is 10.8 Å². The van der Waals surface area contributed by atoms with Gasteiger partial charge in [-0.2, -0.15) is 0 Å². The zero-order valence-electron chi connectivity index (χ0n) is 10.3. The molecule has 2 rings (SSSR count). The first-order valence-corrected chi connectivity index (χ1v) is 6.41. The lowest BCUT2D eigenvalue weighted by atomic mass is 9.75. The predicted octanol–water partition coefficient (Wildman–Crippen LogP) is 2.58. The summed E-state index contributed by atoms with van der Waals surface area (Å²) in [7, 11) is 0. The van der Waals surface area contributed by atoms with Gasteiger partial charge in [0.15, 0.2) is 0 Å². The maximum Gasteiger partial charge on any atom is 0.0554 e. The Hall–Kier alpha value is -0.0800. The van der Waals surface area contributed by atoms with Crippen LogP contribution in [0.2, 0.25) is 0 Å². The summed E-state index contributed by atoms with van der Waals surface area (Å²) in [5.41, 5.74) is 0.990. The van der Waals surface area contributed by atoms with Gasteiger partial charge in [-0.3, -0.25) is 0 Å². The molecule has 0 radical (unpaired) electrons. The van der Waals surface area contributed by atoms with Crippen LogP contribution in [0.5, 0.6) is 0 Å². The van der Waals surface area contributed by atoms with Gasteiger partial charge in [0.25, 0.3) is 0 Å². The Morgan fingerprint density at radius 1 is 0.933 bits per heavy atom. The molecule has 1 aliphatic carbocycles. The topological polar surface area (TPSA) is 21.3 Å². The smallest absolute Gasteiger partial charge is 0.0554 e. The molecule has 0 aromatic heterocycles. The fourth-order valence-electron chi connectivity index (χ4n) is 2.80. The van der Waals surface area contributed by atoms with Gasteiger partial charge in [-0.05, 0) is 18.3 Å². The van der Waals surface area contributed by atoms with Crippen molar-refractivity contribution >= 4 is 0 Å². The standard InChI is InChI=1S/C13H25NO/c1-12(6-4-3-5-7-12)8-14-9-13(2)10-15-11-13/h14H,3-11H2,1-2H3. The largest absolute Gasteiger partial charge is 0.380 e. The first-order chi connectivity index (χ1) is 7.12. The van der Waals surface area contributed by atoms with Crippen LogP contribution in [-0.4, -0.2) is 26.3 Å². The molecular weight excluding hydrogens is 186 g/mol. The summed E-state index contributed by atoms with van der Waals surface area (Å²) in [6.07, 6.45) is 7.12. The molecule has 1 N–H and O–H groups in total. The fraction of sp³-hybridized carbons (Fsp3) is 1.00. The summed E-state index contributed by atoms with van der Waals surface area (Å²) in [5, 5.41) is 3.66. The van der Waals surface area contributed by atoms with E-state index in [9.17, 15) is 0 Å². The second-order valence-corrected chi connectivity index (χ2v) is 6.28. The highest BCUT2D eigenvalue weighted by atomic mass is 16.5. The van der Waals surface area contributed by atoms with E-state index in [1.165, 1.54) is 38.6 Å². The minimum Gasteiger partial charge on any atom is -0.380 e. The van der Waals surface area contributed by atoms with Gasteiger partial charge in [0.1, 0.15) is 0 Å². The van der Waals surface area contributed by atoms with E-state index in [1.807, 2.05) is 0 Å². The second kappa shape index (κ2) is 4.42. The normalized spacial score (nSPS) is 28.4. The van der Waals surface area contributed by atoms with Crippen molar-refractivity contribution in [3.05, 3.63) is 0 Å². The van der Waals surface area contributed by atoms with Crippen molar-refractivity contribution in [2.75, 3.05) is 26.3 Å². The van der Waals surface area contributed by atoms with Crippen LogP contribution < -0.4 is 5.32 Å². The minimum atomic E-state index is 0.422. The van der Waals surface area contributed by atoms with Gasteiger partial charge in [-0.1, -0.05) is 33.1 Å². The summed E-state index contributed by atoms with van der Waals surface area (Å²) < 4.78 is 5.27. The number of nitrogens with one attached hydrogen (secondary N) is 1. The molecule has 2 nitrogen and oxygen atoms in total. The van der Waals surface area contributed by atoms with Crippen LogP contribution in [0.15, 0.2) is 0 Å². The summed E-state index contributed by atoms with van der Waals surface area (Å²) in [6, 6.07) is 0. The first-order valence-electron chi connectivity index (χ1n) is 6.41. The van der Waals surface area contributed by atoms with Crippen molar-refractivity contribution in [3.8, 4) is 0 Å². The lowest BCUT2D eigenvalue weighted by Gasteiger charge is -2.40. The average molecular weight is 211 g/mol. The van der Waals surface area contributed by atoms with Crippen molar-refractivity contribution in [3.63, 3.8) is 0 Å². The van der Waals surface area contributed by atoms with E-state index in [1.54, 1.807) is 0 Å². The van der Waals surface area contributed by atoms with Gasteiger partial charge in [0.05, 0.1) is 13.2 Å². The molecule has 1 heterocycles. The quantitative estimate of drug-likeness (QED) is 0.771. The van der Waals surface area contributed by atoms with Crippen LogP contribution >= 0.6 is 0 Å². The molecule has 88 valence electrons. The van der Waals surface area contributed by atoms with E-state index < -0.39 is 0 Å². The van der Waals surface area contributed by atoms with E-state index in [-0.39, 0.29) is 0 Å². The van der Waals surface area contributed by atoms with Crippen molar-refractivity contribution in [1.82, 2.24) is 5.32 Å². The molecule has 2 fully saturated rings. The predicted molar refractivity (Wildman–Crippen MR) is 63.0 cm³/mol. The highest BCUT2D eigenvalue weighted by molar-refractivity contribution is 4.86. The molecule has 0 aromatic carbocycles. The molecule has 0 unspecified atom stereocenters. The van der Waals surface area contributed by atoms with E-state index in [0.717, 1.165) is 19.8 Å². The van der Waals surface area contributed by atoms with Crippen molar-refractivity contribution < 1.29 is 4.74 Å². The Morgan fingerprint density at radius 3 is 2.07 bits per heavy atom. The van der Waals surface area contributed by atoms with Crippen LogP contribution in [0, 0.1) is 10.8 Å². The molecule has 0 spiro atoms. The lowest BCUT2D eigenvalue weighted by molar-refractivity contribution is -0.0998. The van der Waals surface area contributed by atoms with Gasteiger partial charge in [0, 0.05) is 18.5 Å². The Morgan fingerprint density at radius 2 is 1.53 bits per heavy atom. The summed E-state index contributed by atoms with van der Waals surface area (Å²) in [6.45, 7) is 8.96. The van der Waals surface area contributed by atoms with Crippen LogP contribution in [0.1, 0.15) is 46.0 Å². The van der Waals surface area contributed by atoms with Crippen LogP contribution in [0.25, 0.3) is 0 Å². The molecule has 15 heavy (non-hydrogen) atoms. The summed E-state index contributed by atoms with van der Waals surface area (Å²) in [4.78, 5) is 0. The van der Waals surface area contributed by atoms with Crippen molar-refractivity contribution in [2.24, 2.45) is 10.8 Å². The van der Waals surface area contributed by atoms with Gasteiger partial charge in [-0.15, -0.1) is 0 Å². The molecule has 0 amide bonds. The highest BCUT2D eigenvalue weighted by Crippen LogP contribution is 2.35. The summed E-state index contributed by atoms with van der Waals surface area (Å²) >= 11 is 0. The van der Waals surface area contributed by atoms with Crippen LogP contribution in [0.4, 0.5) is 0 Å². The maximum atomic E-state index is 5.27. The van der Waals surface area contributed by atoms with E-state index in [4.69, 9.17) is 4.74 Å². The third-order valence-electron chi connectivity index (χ3n) is 4.07. The van der Waals surface area contributed by atoms with Gasteiger partial charge in [0.2, 0.25) is 0 Å². The van der Waals surface area contributed by atoms with Crippen molar-refractivity contribution in [1.29, 1.82) is 0 Å². The first kappa shape index (κ1) is 11.4. The molecule has 1 aliphatic heterocycles. The Labute approximate surface area is 93.8 Å². The van der Waals surface area contributed by atoms with Crippen LogP contribution in [-0.2, 0) is 4.74 Å². The molecular formula is C13H25NO. The molecule has 2 aliphatic rings. The maximum absolute atomic E-state index is 5.27. The Bertz CT molecular complexity index is 205. The third kappa shape index (κ3) is 2.94. The Balaban J connectivity index is 1.67. The molecule has 0 atom stereocenters. The zero-order valence-corrected chi connectivity index (χ0v) is 10.3. The molecule has 1 saturated heterocycles. The average Bonchev–Trinajstić information content (AvgIpc) is 2.16. The monoisotopic (exact) mass is 211 g/mol. The molecule has 0 aromatic rings. The number of ether oxygens (including phenoxy) is 1. The number of rotatable bonds is 4. The van der Waals surface area contributed by atoms with Gasteiger partial charge < -0.3 is 10.1 Å². The lowest BCUT2D eigenvalue weighted by Crippen LogP contribution is -2.49. The molecule has 0 bridgehead atoms. The highest BCUT2D eigenvalue weighted by Gasteiger charge is 2.34. The van der Waals surface area contributed by atoms with Gasteiger partial charge in [-0.25, -0.2) is 0 Å². The Kier molecular flexibility index (Phi) is 3.36. The molecule has 1 saturated carbocycles. The number of hydrogen-bond acceptors (Lipinski definition) is 2. The van der Waals surface area contributed by atoms with Gasteiger partial charge >= 0.3 is 0 Å². The van der Waals surface area contributed by atoms with E-state index >= 15 is 0 Å². The second-order valence-electron chi connectivity index (χ2n) is 6.28. The zero-order chi connectivity index (χ0) is 10.8. The molecule has 2 heteroatoms.